The van der Waals surface area contributed by atoms with Crippen molar-refractivity contribution in [2.75, 3.05) is 0 Å². The number of hydrogen-bond acceptors (Lipinski definition) is 6. The fourth-order valence-corrected chi connectivity index (χ4v) is 27.1. The molecule has 3 aliphatic rings. The normalized spacial score (nSPS) is 12.3. The van der Waals surface area contributed by atoms with Crippen molar-refractivity contribution in [3.05, 3.63) is 485 Å². The number of nitrogens with zero attached hydrogens (tertiary/aromatic N) is 6. The minimum absolute atomic E-state index is 1.02. The molecule has 0 N–H and O–H groups in total. The van der Waals surface area contributed by atoms with E-state index >= 15 is 0 Å². The Labute approximate surface area is 849 Å². The van der Waals surface area contributed by atoms with Crippen LogP contribution in [0.2, 0.25) is 0 Å². The van der Waals surface area contributed by atoms with Crippen molar-refractivity contribution >= 4 is 176 Å². The molecule has 25 aromatic carbocycles. The summed E-state index contributed by atoms with van der Waals surface area (Å²) >= 11 is 5.53. The van der Waals surface area contributed by atoms with E-state index in [2.05, 4.69) is 502 Å². The molecule has 0 saturated heterocycles. The summed E-state index contributed by atoms with van der Waals surface area (Å²) in [5.74, 6) is 3.06. The van der Waals surface area contributed by atoms with Gasteiger partial charge in [-0.25, -0.2) is 15.0 Å². The van der Waals surface area contributed by atoms with Crippen LogP contribution in [0, 0.1) is 20.8 Å². The number of imidazole rings is 3. The second kappa shape index (κ2) is 33.9. The van der Waals surface area contributed by atoms with Gasteiger partial charge in [0, 0.05) is 29.4 Å². The molecule has 0 amide bonds. The minimum Gasteiger partial charge on any atom is -0.294 e. The van der Waals surface area contributed by atoms with E-state index in [4.69, 9.17) is 15.0 Å². The molecule has 6 nitrogen and oxygen atoms in total. The lowest BCUT2D eigenvalue weighted by molar-refractivity contribution is 0.963. The Kier molecular flexibility index (Phi) is 19.7. The summed E-state index contributed by atoms with van der Waals surface area (Å²) in [6.07, 6.45) is 0. The highest BCUT2D eigenvalue weighted by Gasteiger charge is 2.30. The standard InChI is InChI=1S/2C48H30N2S.C40H26N2S/c1-29-49-42-21-10-22-44-48(42)50(29)43-26-24-33(28-45(43)51-44)32-23-25-40-41(27-32)47(37-20-9-14-31-12-3-5-16-35(31)37)39-18-7-6-17-38(39)46(40)36-19-8-13-30-11-2-4-15-34(30)36;1-29-49-42-15-8-16-44-48(42)50(29)43-24-22-35(28-45(43)51-44)34-21-23-40-41(27-34)47(37-20-18-31-10-3-5-12-33(31)26-37)39-14-7-6-13-38(39)46(40)36-19-17-30-9-2-4-11-32(30)25-36;1-25-41-34-17-10-18-36-40(34)42(25)35-22-20-29(24-37(35)43-36)28-19-21-32-33(23-28)39(27-13-6-3-7-14-27)31-16-9-8-15-30(31)38(32)26-11-4-2-5-12-26/h2*2-28H,1H3;2-24H,1H3. The lowest BCUT2D eigenvalue weighted by Crippen LogP contribution is -2.03. The van der Waals surface area contributed by atoms with Crippen molar-refractivity contribution in [2.45, 2.75) is 50.1 Å². The van der Waals surface area contributed by atoms with Gasteiger partial charge < -0.3 is 0 Å². The smallest absolute Gasteiger partial charge is 0.111 e. The minimum atomic E-state index is 1.02. The average molecular weight is 1900 g/mol. The number of rotatable bonds is 9. The van der Waals surface area contributed by atoms with Crippen LogP contribution in [-0.4, -0.2) is 28.7 Å². The highest BCUT2D eigenvalue weighted by Crippen LogP contribution is 2.55. The van der Waals surface area contributed by atoms with Crippen molar-refractivity contribution in [2.24, 2.45) is 0 Å². The molecule has 3 aliphatic heterocycles. The van der Waals surface area contributed by atoms with E-state index in [1.807, 2.05) is 35.3 Å². The third-order valence-electron chi connectivity index (χ3n) is 30.1. The molecule has 3 aromatic heterocycles. The first-order chi connectivity index (χ1) is 71.6. The molecule has 0 unspecified atom stereocenters. The second-order valence-electron chi connectivity index (χ2n) is 38.3. The molecule has 0 spiro atoms. The maximum Gasteiger partial charge on any atom is 0.111 e. The molecular formula is C136H86N6S3. The highest BCUT2D eigenvalue weighted by molar-refractivity contribution is 8.00. The third kappa shape index (κ3) is 13.8. The predicted octanol–water partition coefficient (Wildman–Crippen LogP) is 37.9. The molecule has 0 radical (unpaired) electrons. The van der Waals surface area contributed by atoms with Crippen LogP contribution in [0.15, 0.2) is 496 Å². The fraction of sp³-hybridized carbons (Fsp3) is 0.0221. The summed E-state index contributed by atoms with van der Waals surface area (Å²) in [4.78, 5) is 22.1. The number of hydrogen-bond donors (Lipinski definition) is 0. The number of aromatic nitrogens is 6. The van der Waals surface area contributed by atoms with Crippen LogP contribution in [-0.2, 0) is 0 Å². The fourth-order valence-electron chi connectivity index (χ4n) is 23.7. The van der Waals surface area contributed by atoms with Crippen molar-refractivity contribution in [3.63, 3.8) is 0 Å². The van der Waals surface area contributed by atoms with Gasteiger partial charge in [-0.1, -0.05) is 399 Å². The number of benzene rings is 25. The van der Waals surface area contributed by atoms with Crippen molar-refractivity contribution < 1.29 is 0 Å². The first-order valence-electron chi connectivity index (χ1n) is 49.6. The van der Waals surface area contributed by atoms with Crippen LogP contribution in [0.4, 0.5) is 0 Å². The van der Waals surface area contributed by atoms with Gasteiger partial charge in [0.25, 0.3) is 0 Å². The average Bonchev–Trinajstić information content (AvgIpc) is 1.64. The van der Waals surface area contributed by atoms with E-state index in [1.165, 1.54) is 271 Å². The highest BCUT2D eigenvalue weighted by atomic mass is 32.2. The first-order valence-corrected chi connectivity index (χ1v) is 52.0. The van der Waals surface area contributed by atoms with Gasteiger partial charge in [-0.05, 0) is 332 Å². The van der Waals surface area contributed by atoms with Gasteiger partial charge in [0.2, 0.25) is 0 Å². The molecule has 678 valence electrons. The lowest BCUT2D eigenvalue weighted by Gasteiger charge is -2.22. The van der Waals surface area contributed by atoms with Crippen molar-refractivity contribution in [1.29, 1.82) is 0 Å². The quantitative estimate of drug-likeness (QED) is 0.134. The Hall–Kier alpha value is -17.4. The summed E-state index contributed by atoms with van der Waals surface area (Å²) in [7, 11) is 0. The number of para-hydroxylation sites is 3. The van der Waals surface area contributed by atoms with Gasteiger partial charge in [-0.2, -0.15) is 0 Å². The Morgan fingerprint density at radius 3 is 0.793 bits per heavy atom. The molecular weight excluding hydrogens is 1810 g/mol. The van der Waals surface area contributed by atoms with Gasteiger partial charge >= 0.3 is 0 Å². The molecule has 9 heteroatoms. The Morgan fingerprint density at radius 2 is 0.414 bits per heavy atom. The maximum absolute atomic E-state index is 4.89. The van der Waals surface area contributed by atoms with Gasteiger partial charge in [0.1, 0.15) is 17.5 Å². The molecule has 0 aliphatic carbocycles. The topological polar surface area (TPSA) is 53.5 Å². The Bertz CT molecular complexity index is 10400. The largest absolute Gasteiger partial charge is 0.294 e. The van der Waals surface area contributed by atoms with E-state index < -0.39 is 0 Å². The molecule has 31 rings (SSSR count). The van der Waals surface area contributed by atoms with Crippen LogP contribution in [0.1, 0.15) is 17.5 Å². The van der Waals surface area contributed by atoms with Crippen LogP contribution in [0.3, 0.4) is 0 Å². The molecule has 0 fully saturated rings. The van der Waals surface area contributed by atoms with Gasteiger partial charge in [-0.15, -0.1) is 0 Å². The first kappa shape index (κ1) is 84.4. The van der Waals surface area contributed by atoms with Crippen LogP contribution < -0.4 is 0 Å². The van der Waals surface area contributed by atoms with Gasteiger partial charge in [0.05, 0.1) is 50.2 Å². The zero-order valence-corrected chi connectivity index (χ0v) is 81.8. The molecule has 0 atom stereocenters. The molecule has 0 bridgehead atoms. The second-order valence-corrected chi connectivity index (χ2v) is 41.5. The van der Waals surface area contributed by atoms with E-state index in [-0.39, 0.29) is 0 Å². The molecule has 145 heavy (non-hydrogen) atoms. The van der Waals surface area contributed by atoms with E-state index in [1.54, 1.807) is 0 Å². The summed E-state index contributed by atoms with van der Waals surface area (Å²) in [5, 5.41) is 25.2. The molecule has 6 heterocycles. The summed E-state index contributed by atoms with van der Waals surface area (Å²) in [6.45, 7) is 6.31. The van der Waals surface area contributed by atoms with Crippen LogP contribution in [0.5, 0.6) is 0 Å². The van der Waals surface area contributed by atoms with Gasteiger partial charge in [0.15, 0.2) is 0 Å². The zero-order chi connectivity index (χ0) is 95.8. The van der Waals surface area contributed by atoms with Crippen molar-refractivity contribution in [3.8, 4) is 117 Å². The lowest BCUT2D eigenvalue weighted by atomic mass is 9.83. The van der Waals surface area contributed by atoms with Crippen molar-refractivity contribution in [1.82, 2.24) is 28.7 Å². The predicted molar refractivity (Wildman–Crippen MR) is 614 cm³/mol. The summed E-state index contributed by atoms with van der Waals surface area (Å²) in [6, 6.07) is 172. The van der Waals surface area contributed by atoms with E-state index in [9.17, 15) is 0 Å². The maximum atomic E-state index is 4.89. The summed E-state index contributed by atoms with van der Waals surface area (Å²) < 4.78 is 6.95. The zero-order valence-electron chi connectivity index (χ0n) is 79.4. The third-order valence-corrected chi connectivity index (χ3v) is 33.4. The SMILES string of the molecule is Cc1nc2cccc3c2n1-c1ccc(-c2ccc4c(-c5ccc6ccccc6c5)c5ccccc5c(-c5ccc6ccccc6c5)c4c2)cc1S3.Cc1nc2cccc3c2n1-c1ccc(-c2ccc4c(-c5cccc6ccccc56)c5ccccc5c(-c5cccc6ccccc56)c4c2)cc1S3.Cc1nc2cccc3c2n1-c1ccc(-c2ccc4c(-c5ccccc5)c5ccccc5c(-c5ccccc5)c4c2)cc1S3. The number of fused-ring (bicyclic) bond motifs is 16. The molecule has 28 aromatic rings. The van der Waals surface area contributed by atoms with E-state index in [0.717, 1.165) is 34.0 Å². The summed E-state index contributed by atoms with van der Waals surface area (Å²) in [5.41, 5.74) is 32.8. The Morgan fingerprint density at radius 1 is 0.159 bits per heavy atom. The van der Waals surface area contributed by atoms with Crippen LogP contribution in [0.25, 0.3) is 258 Å². The molecule has 0 saturated carbocycles. The Balaban J connectivity index is 0.000000104. The monoisotopic (exact) mass is 1900 g/mol. The number of aryl methyl sites for hydroxylation is 3. The van der Waals surface area contributed by atoms with Gasteiger partial charge in [-0.3, -0.25) is 13.7 Å². The van der Waals surface area contributed by atoms with E-state index in [0.29, 0.717) is 0 Å². The van der Waals surface area contributed by atoms with Crippen LogP contribution >= 0.6 is 35.3 Å².